The molecule has 0 aliphatic heterocycles. The van der Waals surface area contributed by atoms with E-state index in [4.69, 9.17) is 0 Å². The van der Waals surface area contributed by atoms with Crippen molar-refractivity contribution in [1.82, 2.24) is 4.98 Å². The smallest absolute Gasteiger partial charge is 0.166 e. The van der Waals surface area contributed by atoms with Crippen LogP contribution >= 0.6 is 11.3 Å². The Bertz CT molecular complexity index is 666. The molecule has 15 heavy (non-hydrogen) atoms. The van der Waals surface area contributed by atoms with Crippen LogP contribution in [-0.2, 0) is 0 Å². The first kappa shape index (κ1) is 8.49. The van der Waals surface area contributed by atoms with Gasteiger partial charge in [-0.15, -0.1) is 11.3 Å². The van der Waals surface area contributed by atoms with Crippen molar-refractivity contribution in [2.24, 2.45) is 0 Å². The van der Waals surface area contributed by atoms with Crippen molar-refractivity contribution >= 4 is 37.9 Å². The van der Waals surface area contributed by atoms with E-state index >= 15 is 0 Å². The number of aromatic amines is 1. The molecule has 2 aromatic heterocycles. The van der Waals surface area contributed by atoms with Crippen molar-refractivity contribution in [2.75, 3.05) is 0 Å². The lowest BCUT2D eigenvalue weighted by molar-refractivity contribution is 0.112. The molecule has 3 nitrogen and oxygen atoms in total. The zero-order valence-electron chi connectivity index (χ0n) is 7.65. The number of rotatable bonds is 1. The van der Waals surface area contributed by atoms with Crippen LogP contribution in [-0.4, -0.2) is 16.4 Å². The number of benzene rings is 1. The normalized spacial score (nSPS) is 11.2. The third-order valence-corrected chi connectivity index (χ3v) is 3.58. The molecule has 0 fully saturated rings. The van der Waals surface area contributed by atoms with E-state index in [2.05, 4.69) is 4.98 Å². The highest BCUT2D eigenvalue weighted by Gasteiger charge is 2.10. The van der Waals surface area contributed by atoms with Gasteiger partial charge < -0.3 is 10.1 Å². The Morgan fingerprint density at radius 1 is 1.40 bits per heavy atom. The number of carbonyl (C=O) groups excluding carboxylic acids is 1. The Labute approximate surface area is 89.0 Å². The summed E-state index contributed by atoms with van der Waals surface area (Å²) in [5.74, 6) is 0.287. The van der Waals surface area contributed by atoms with Crippen LogP contribution in [0.2, 0.25) is 0 Å². The van der Waals surface area contributed by atoms with Crippen molar-refractivity contribution in [1.29, 1.82) is 0 Å². The van der Waals surface area contributed by atoms with Gasteiger partial charge in [0.1, 0.15) is 5.75 Å². The van der Waals surface area contributed by atoms with Gasteiger partial charge in [0.15, 0.2) is 6.29 Å². The highest BCUT2D eigenvalue weighted by Crippen LogP contribution is 2.38. The molecule has 3 aromatic rings. The van der Waals surface area contributed by atoms with Crippen molar-refractivity contribution in [2.45, 2.75) is 0 Å². The minimum Gasteiger partial charge on any atom is -0.506 e. The molecule has 2 heterocycles. The van der Waals surface area contributed by atoms with Gasteiger partial charge in [-0.25, -0.2) is 0 Å². The van der Waals surface area contributed by atoms with Gasteiger partial charge in [-0.1, -0.05) is 12.1 Å². The predicted octanol–water partition coefficient (Wildman–Crippen LogP) is 2.90. The molecule has 0 unspecified atom stereocenters. The lowest BCUT2D eigenvalue weighted by Crippen LogP contribution is -1.75. The SMILES string of the molecule is O=Cc1cc2sc3c(O)cccc3c2[nH]1. The molecule has 0 spiro atoms. The molecule has 0 aliphatic rings. The average molecular weight is 217 g/mol. The second-order valence-electron chi connectivity index (χ2n) is 3.34. The first-order chi connectivity index (χ1) is 7.29. The maximum atomic E-state index is 10.6. The van der Waals surface area contributed by atoms with Crippen LogP contribution in [0.25, 0.3) is 20.3 Å². The number of H-pyrrole nitrogens is 1. The number of thiophene rings is 1. The fraction of sp³-hybridized carbons (Fsp3) is 0. The standard InChI is InChI=1S/C11H7NO2S/c13-5-6-4-9-10(12-6)7-2-1-3-8(14)11(7)15-9/h1-5,12,14H. The van der Waals surface area contributed by atoms with Gasteiger partial charge in [-0.3, -0.25) is 4.79 Å². The maximum Gasteiger partial charge on any atom is 0.166 e. The molecule has 0 aliphatic carbocycles. The second-order valence-corrected chi connectivity index (χ2v) is 4.39. The molecule has 1 aromatic carbocycles. The molecule has 0 bridgehead atoms. The number of nitrogens with one attached hydrogen (secondary N) is 1. The van der Waals surface area contributed by atoms with E-state index in [1.54, 1.807) is 18.2 Å². The van der Waals surface area contributed by atoms with Crippen LogP contribution in [0.4, 0.5) is 0 Å². The number of aldehydes is 1. The van der Waals surface area contributed by atoms with Gasteiger partial charge in [0.05, 0.1) is 20.6 Å². The van der Waals surface area contributed by atoms with Crippen molar-refractivity contribution in [3.63, 3.8) is 0 Å². The quantitative estimate of drug-likeness (QED) is 0.616. The van der Waals surface area contributed by atoms with Gasteiger partial charge in [0.25, 0.3) is 0 Å². The van der Waals surface area contributed by atoms with Gasteiger partial charge in [0, 0.05) is 5.39 Å². The Morgan fingerprint density at radius 3 is 3.07 bits per heavy atom. The van der Waals surface area contributed by atoms with Gasteiger partial charge in [0.2, 0.25) is 0 Å². The monoisotopic (exact) mass is 217 g/mol. The van der Waals surface area contributed by atoms with E-state index in [0.717, 1.165) is 26.6 Å². The predicted molar refractivity (Wildman–Crippen MR) is 60.7 cm³/mol. The molecule has 0 atom stereocenters. The van der Waals surface area contributed by atoms with Crippen molar-refractivity contribution in [3.8, 4) is 5.75 Å². The molecule has 0 saturated carbocycles. The minimum absolute atomic E-state index is 0.287. The van der Waals surface area contributed by atoms with Crippen LogP contribution in [0.5, 0.6) is 5.75 Å². The molecule has 3 rings (SSSR count). The maximum absolute atomic E-state index is 10.6. The lowest BCUT2D eigenvalue weighted by Gasteiger charge is -1.92. The summed E-state index contributed by atoms with van der Waals surface area (Å²) in [5.41, 5.74) is 1.49. The summed E-state index contributed by atoms with van der Waals surface area (Å²) in [6.45, 7) is 0. The van der Waals surface area contributed by atoms with E-state index in [0.29, 0.717) is 5.69 Å². The van der Waals surface area contributed by atoms with E-state index < -0.39 is 0 Å². The number of phenols is 1. The van der Waals surface area contributed by atoms with Gasteiger partial charge >= 0.3 is 0 Å². The summed E-state index contributed by atoms with van der Waals surface area (Å²) in [6.07, 6.45) is 0.793. The van der Waals surface area contributed by atoms with Crippen molar-refractivity contribution in [3.05, 3.63) is 30.0 Å². The summed E-state index contributed by atoms with van der Waals surface area (Å²) < 4.78 is 1.85. The number of aromatic hydroxyl groups is 1. The van der Waals surface area contributed by atoms with E-state index in [9.17, 15) is 9.90 Å². The molecular formula is C11H7NO2S. The molecular weight excluding hydrogens is 210 g/mol. The van der Waals surface area contributed by atoms with Crippen LogP contribution in [0.15, 0.2) is 24.3 Å². The fourth-order valence-electron chi connectivity index (χ4n) is 1.74. The molecule has 4 heteroatoms. The lowest BCUT2D eigenvalue weighted by atomic mass is 10.2. The Morgan fingerprint density at radius 2 is 2.27 bits per heavy atom. The molecule has 2 N–H and O–H groups in total. The number of carbonyl (C=O) groups is 1. The summed E-state index contributed by atoms with van der Waals surface area (Å²) in [5, 5.41) is 10.6. The second kappa shape index (κ2) is 2.84. The van der Waals surface area contributed by atoms with E-state index in [-0.39, 0.29) is 5.75 Å². The first-order valence-electron chi connectivity index (χ1n) is 4.48. The zero-order valence-corrected chi connectivity index (χ0v) is 8.47. The Balaban J connectivity index is 2.50. The third kappa shape index (κ3) is 1.08. The Hall–Kier alpha value is -1.81. The number of hydrogen-bond donors (Lipinski definition) is 2. The number of fused-ring (bicyclic) bond motifs is 3. The third-order valence-electron chi connectivity index (χ3n) is 2.40. The fourth-order valence-corrected chi connectivity index (χ4v) is 2.86. The minimum atomic E-state index is 0.287. The first-order valence-corrected chi connectivity index (χ1v) is 5.29. The van der Waals surface area contributed by atoms with Crippen LogP contribution in [0, 0.1) is 0 Å². The van der Waals surface area contributed by atoms with Crippen LogP contribution in [0.1, 0.15) is 10.5 Å². The largest absolute Gasteiger partial charge is 0.506 e. The highest BCUT2D eigenvalue weighted by atomic mass is 32.1. The molecule has 0 radical (unpaired) electrons. The van der Waals surface area contributed by atoms with E-state index in [1.165, 1.54) is 11.3 Å². The summed E-state index contributed by atoms with van der Waals surface area (Å²) in [7, 11) is 0. The van der Waals surface area contributed by atoms with Crippen molar-refractivity contribution < 1.29 is 9.90 Å². The van der Waals surface area contributed by atoms with Crippen LogP contribution < -0.4 is 0 Å². The Kier molecular flexibility index (Phi) is 1.61. The highest BCUT2D eigenvalue weighted by molar-refractivity contribution is 7.26. The summed E-state index contributed by atoms with van der Waals surface area (Å²) >= 11 is 1.48. The van der Waals surface area contributed by atoms with E-state index in [1.807, 2.05) is 6.07 Å². The summed E-state index contributed by atoms with van der Waals surface area (Å²) in [4.78, 5) is 13.6. The number of hydrogen-bond acceptors (Lipinski definition) is 3. The topological polar surface area (TPSA) is 53.1 Å². The number of phenolic OH excluding ortho intramolecular Hbond substituents is 1. The number of aromatic nitrogens is 1. The molecule has 0 amide bonds. The molecule has 0 saturated heterocycles. The van der Waals surface area contributed by atoms with Gasteiger partial charge in [-0.2, -0.15) is 0 Å². The summed E-state index contributed by atoms with van der Waals surface area (Å²) in [6, 6.07) is 7.19. The zero-order chi connectivity index (χ0) is 10.4. The van der Waals surface area contributed by atoms with Gasteiger partial charge in [-0.05, 0) is 12.1 Å². The van der Waals surface area contributed by atoms with Crippen LogP contribution in [0.3, 0.4) is 0 Å². The molecule has 74 valence electrons. The average Bonchev–Trinajstić information content (AvgIpc) is 2.76.